The molecule has 0 unspecified atom stereocenters. The van der Waals surface area contributed by atoms with E-state index in [1.807, 2.05) is 42.5 Å². The van der Waals surface area contributed by atoms with E-state index in [-0.39, 0.29) is 24.9 Å². The summed E-state index contributed by atoms with van der Waals surface area (Å²) in [7, 11) is 4.77. The summed E-state index contributed by atoms with van der Waals surface area (Å²) in [4.78, 5) is 26.4. The highest BCUT2D eigenvalue weighted by Gasteiger charge is 2.23. The summed E-state index contributed by atoms with van der Waals surface area (Å²) in [5.41, 5.74) is 2.07. The van der Waals surface area contributed by atoms with Crippen molar-refractivity contribution in [1.29, 1.82) is 0 Å². The number of rotatable bonds is 8. The van der Waals surface area contributed by atoms with Gasteiger partial charge >= 0.3 is 5.97 Å². The largest absolute Gasteiger partial charge is 0.497 e. The van der Waals surface area contributed by atoms with Gasteiger partial charge in [-0.25, -0.2) is 4.79 Å². The van der Waals surface area contributed by atoms with Gasteiger partial charge in [0.1, 0.15) is 11.3 Å². The molecule has 7 nitrogen and oxygen atoms in total. The second-order valence-corrected chi connectivity index (χ2v) is 6.52. The van der Waals surface area contributed by atoms with E-state index in [4.69, 9.17) is 18.6 Å². The number of benzene rings is 2. The topological polar surface area (TPSA) is 78.2 Å². The van der Waals surface area contributed by atoms with Gasteiger partial charge in [-0.1, -0.05) is 30.3 Å². The Kier molecular flexibility index (Phi) is 6.51. The van der Waals surface area contributed by atoms with Crippen LogP contribution in [0.15, 0.2) is 52.9 Å². The number of hydrogen-bond donors (Lipinski definition) is 0. The molecule has 2 aromatic carbocycles. The van der Waals surface area contributed by atoms with Crippen molar-refractivity contribution in [2.45, 2.75) is 13.2 Å². The van der Waals surface area contributed by atoms with Crippen LogP contribution in [-0.2, 0) is 27.4 Å². The number of hydrogen-bond acceptors (Lipinski definition) is 6. The van der Waals surface area contributed by atoms with E-state index < -0.39 is 5.97 Å². The number of methoxy groups -OCH3 is 2. The van der Waals surface area contributed by atoms with Gasteiger partial charge in [0.2, 0.25) is 5.76 Å². The lowest BCUT2D eigenvalue weighted by Gasteiger charge is -2.17. The van der Waals surface area contributed by atoms with Crippen molar-refractivity contribution in [3.05, 3.63) is 65.4 Å². The van der Waals surface area contributed by atoms with Crippen molar-refractivity contribution in [3.63, 3.8) is 0 Å². The van der Waals surface area contributed by atoms with Crippen LogP contribution in [0.1, 0.15) is 21.7 Å². The van der Waals surface area contributed by atoms with Gasteiger partial charge in [-0.05, 0) is 23.8 Å². The summed E-state index contributed by atoms with van der Waals surface area (Å²) >= 11 is 0. The van der Waals surface area contributed by atoms with Crippen LogP contribution in [-0.4, -0.2) is 44.7 Å². The Morgan fingerprint density at radius 1 is 1.07 bits per heavy atom. The van der Waals surface area contributed by atoms with Gasteiger partial charge in [0, 0.05) is 31.7 Å². The minimum atomic E-state index is -0.698. The molecule has 0 aliphatic carbocycles. The molecule has 0 N–H and O–H groups in total. The van der Waals surface area contributed by atoms with Crippen molar-refractivity contribution >= 4 is 22.8 Å². The maximum Gasteiger partial charge on any atom is 0.375 e. The lowest BCUT2D eigenvalue weighted by molar-refractivity contribution is -0.133. The van der Waals surface area contributed by atoms with Gasteiger partial charge in [-0.2, -0.15) is 0 Å². The molecule has 0 saturated carbocycles. The summed E-state index contributed by atoms with van der Waals surface area (Å²) in [6.45, 7) is 0.182. The SMILES string of the molecule is COCc1c(C(=O)OCC(=O)N(C)Cc2cccc(OC)c2)oc2ccccc12. The Hall–Kier alpha value is -3.32. The maximum absolute atomic E-state index is 12.5. The highest BCUT2D eigenvalue weighted by atomic mass is 16.5. The Balaban J connectivity index is 1.64. The van der Waals surface area contributed by atoms with Gasteiger partial charge in [-0.3, -0.25) is 4.79 Å². The molecule has 7 heteroatoms. The molecule has 3 rings (SSSR count). The highest BCUT2D eigenvalue weighted by Crippen LogP contribution is 2.27. The number of carbonyl (C=O) groups is 2. The zero-order valence-electron chi connectivity index (χ0n) is 16.6. The third kappa shape index (κ3) is 4.75. The highest BCUT2D eigenvalue weighted by molar-refractivity contribution is 5.96. The Morgan fingerprint density at radius 3 is 2.62 bits per heavy atom. The van der Waals surface area contributed by atoms with Crippen LogP contribution in [0.2, 0.25) is 0 Å². The average molecular weight is 397 g/mol. The van der Waals surface area contributed by atoms with Crippen molar-refractivity contribution in [3.8, 4) is 5.75 Å². The second-order valence-electron chi connectivity index (χ2n) is 6.52. The van der Waals surface area contributed by atoms with Crippen LogP contribution >= 0.6 is 0 Å². The van der Waals surface area contributed by atoms with Gasteiger partial charge in [0.25, 0.3) is 5.91 Å². The fourth-order valence-corrected chi connectivity index (χ4v) is 2.99. The second kappa shape index (κ2) is 9.25. The molecule has 1 amide bonds. The fourth-order valence-electron chi connectivity index (χ4n) is 2.99. The third-order valence-corrected chi connectivity index (χ3v) is 4.48. The van der Waals surface area contributed by atoms with E-state index >= 15 is 0 Å². The van der Waals surface area contributed by atoms with Crippen LogP contribution in [0, 0.1) is 0 Å². The van der Waals surface area contributed by atoms with Crippen molar-refractivity contribution in [1.82, 2.24) is 4.90 Å². The Morgan fingerprint density at radius 2 is 1.86 bits per heavy atom. The number of furan rings is 1. The molecular formula is C22H23NO6. The first-order chi connectivity index (χ1) is 14.0. The van der Waals surface area contributed by atoms with E-state index in [9.17, 15) is 9.59 Å². The number of nitrogens with zero attached hydrogens (tertiary/aromatic N) is 1. The molecule has 152 valence electrons. The summed E-state index contributed by atoms with van der Waals surface area (Å²) in [6, 6.07) is 14.7. The van der Waals surface area contributed by atoms with Crippen LogP contribution in [0.25, 0.3) is 11.0 Å². The van der Waals surface area contributed by atoms with Gasteiger partial charge < -0.3 is 23.5 Å². The van der Waals surface area contributed by atoms with Crippen LogP contribution in [0.5, 0.6) is 5.75 Å². The molecule has 0 atom stereocenters. The first-order valence-electron chi connectivity index (χ1n) is 9.07. The van der Waals surface area contributed by atoms with Crippen molar-refractivity contribution < 1.29 is 28.2 Å². The van der Waals surface area contributed by atoms with E-state index in [0.29, 0.717) is 23.4 Å². The summed E-state index contributed by atoms with van der Waals surface area (Å²) in [5, 5.41) is 0.780. The first-order valence-corrected chi connectivity index (χ1v) is 9.07. The Bertz CT molecular complexity index is 1010. The first kappa shape index (κ1) is 20.4. The number of likely N-dealkylation sites (N-methyl/N-ethyl adjacent to an activating group) is 1. The number of ether oxygens (including phenoxy) is 3. The molecular weight excluding hydrogens is 374 g/mol. The maximum atomic E-state index is 12.5. The molecule has 0 spiro atoms. The summed E-state index contributed by atoms with van der Waals surface area (Å²) in [6.07, 6.45) is 0. The molecule has 0 fully saturated rings. The van der Waals surface area contributed by atoms with E-state index in [1.54, 1.807) is 20.2 Å². The summed E-state index contributed by atoms with van der Waals surface area (Å²) < 4.78 is 21.2. The molecule has 0 aliphatic rings. The number of para-hydroxylation sites is 1. The van der Waals surface area contributed by atoms with Gasteiger partial charge in [0.05, 0.1) is 13.7 Å². The van der Waals surface area contributed by atoms with Crippen molar-refractivity contribution in [2.75, 3.05) is 27.9 Å². The number of amides is 1. The molecule has 0 radical (unpaired) electrons. The molecule has 1 heterocycles. The molecule has 0 saturated heterocycles. The number of esters is 1. The average Bonchev–Trinajstić information content (AvgIpc) is 3.11. The van der Waals surface area contributed by atoms with Crippen molar-refractivity contribution in [2.24, 2.45) is 0 Å². The molecule has 3 aromatic rings. The fraction of sp³-hybridized carbons (Fsp3) is 0.273. The van der Waals surface area contributed by atoms with Gasteiger partial charge in [0.15, 0.2) is 6.61 Å². The van der Waals surface area contributed by atoms with Crippen LogP contribution in [0.4, 0.5) is 0 Å². The lowest BCUT2D eigenvalue weighted by Crippen LogP contribution is -2.30. The predicted molar refractivity (Wildman–Crippen MR) is 107 cm³/mol. The molecule has 1 aromatic heterocycles. The lowest BCUT2D eigenvalue weighted by atomic mass is 10.1. The van der Waals surface area contributed by atoms with Gasteiger partial charge in [-0.15, -0.1) is 0 Å². The molecule has 0 bridgehead atoms. The minimum Gasteiger partial charge on any atom is -0.497 e. The smallest absolute Gasteiger partial charge is 0.375 e. The van der Waals surface area contributed by atoms with Crippen LogP contribution < -0.4 is 4.74 Å². The predicted octanol–water partition coefficient (Wildman–Crippen LogP) is 3.40. The molecule has 0 aliphatic heterocycles. The third-order valence-electron chi connectivity index (χ3n) is 4.48. The number of fused-ring (bicyclic) bond motifs is 1. The molecule has 29 heavy (non-hydrogen) atoms. The van der Waals surface area contributed by atoms with E-state index in [0.717, 1.165) is 10.9 Å². The normalized spacial score (nSPS) is 10.7. The zero-order valence-corrected chi connectivity index (χ0v) is 16.6. The monoisotopic (exact) mass is 397 g/mol. The minimum absolute atomic E-state index is 0.0521. The summed E-state index contributed by atoms with van der Waals surface area (Å²) in [5.74, 6) is -0.261. The van der Waals surface area contributed by atoms with Crippen LogP contribution in [0.3, 0.4) is 0 Å². The number of carbonyl (C=O) groups excluding carboxylic acids is 2. The zero-order chi connectivity index (χ0) is 20.8. The van der Waals surface area contributed by atoms with E-state index in [1.165, 1.54) is 12.0 Å². The Labute approximate surface area is 168 Å². The standard InChI is InChI=1S/C22H23NO6/c1-23(12-15-7-6-8-16(11-15)27-3)20(24)14-28-22(25)21-18(13-26-2)17-9-4-5-10-19(17)29-21/h4-11H,12-14H2,1-3H3. The van der Waals surface area contributed by atoms with E-state index in [2.05, 4.69) is 0 Å². The quantitative estimate of drug-likeness (QED) is 0.542.